The number of anilines is 1. The van der Waals surface area contributed by atoms with Crippen LogP contribution in [0.1, 0.15) is 12.5 Å². The summed E-state index contributed by atoms with van der Waals surface area (Å²) in [6.07, 6.45) is -10.5. The van der Waals surface area contributed by atoms with E-state index in [0.29, 0.717) is 0 Å². The van der Waals surface area contributed by atoms with Gasteiger partial charge in [-0.15, -0.1) is 0 Å². The Bertz CT molecular complexity index is 2390. The fourth-order valence-electron chi connectivity index (χ4n) is 5.58. The van der Waals surface area contributed by atoms with E-state index in [2.05, 4.69) is 23.6 Å². The van der Waals surface area contributed by atoms with E-state index in [-0.39, 0.29) is 22.7 Å². The van der Waals surface area contributed by atoms with Crippen LogP contribution in [-0.2, 0) is 49.9 Å². The van der Waals surface area contributed by atoms with Crippen molar-refractivity contribution < 1.29 is 89.3 Å². The first-order valence-electron chi connectivity index (χ1n) is 15.7. The monoisotopic (exact) mass is 889 g/mol. The predicted molar refractivity (Wildman–Crippen MR) is 182 cm³/mol. The summed E-state index contributed by atoms with van der Waals surface area (Å²) in [4.78, 5) is 86.3. The number of nitrogens with two attached hydrogens (primary N) is 1. The molecule has 1 aromatic carbocycles. The van der Waals surface area contributed by atoms with Gasteiger partial charge in [0.15, 0.2) is 30.0 Å². The summed E-state index contributed by atoms with van der Waals surface area (Å²) in [7, 11) is -23.0. The van der Waals surface area contributed by atoms with E-state index >= 15 is 0 Å². The van der Waals surface area contributed by atoms with Gasteiger partial charge in [0.05, 0.1) is 19.5 Å². The maximum Gasteiger partial charge on any atom is 0.490 e. The van der Waals surface area contributed by atoms with E-state index in [1.54, 1.807) is 18.2 Å². The summed E-state index contributed by atoms with van der Waals surface area (Å²) < 4.78 is 91.7. The van der Waals surface area contributed by atoms with E-state index < -0.39 is 105 Å². The summed E-state index contributed by atoms with van der Waals surface area (Å²) in [5, 5.41) is 21.2. The van der Waals surface area contributed by atoms with E-state index in [4.69, 9.17) is 43.3 Å². The molecule has 2 fully saturated rings. The number of nitrogen functional groups attached to an aromatic ring is 1. The number of aromatic amines is 1. The Morgan fingerprint density at radius 1 is 0.772 bits per heavy atom. The number of aliphatic hydroxyl groups is 2. The number of ether oxygens (including phenoxy) is 3. The average Bonchev–Trinajstić information content (AvgIpc) is 3.76. The molecule has 28 nitrogen and oxygen atoms in total. The largest absolute Gasteiger partial charge is 0.490 e. The van der Waals surface area contributed by atoms with Crippen molar-refractivity contribution in [1.29, 1.82) is 0 Å². The van der Waals surface area contributed by atoms with E-state index in [1.165, 1.54) is 16.7 Å². The first-order chi connectivity index (χ1) is 26.6. The van der Waals surface area contributed by atoms with Crippen LogP contribution in [0.25, 0.3) is 11.2 Å². The molecule has 3 unspecified atom stereocenters. The summed E-state index contributed by atoms with van der Waals surface area (Å²) in [6, 6.07) is 8.59. The summed E-state index contributed by atoms with van der Waals surface area (Å²) in [5.74, 6) is 0.0298. The topological polar surface area (TPSA) is 408 Å². The Morgan fingerprint density at radius 3 is 2.12 bits per heavy atom. The quantitative estimate of drug-likeness (QED) is 0.0595. The van der Waals surface area contributed by atoms with Gasteiger partial charge in [0, 0.05) is 12.3 Å². The Balaban J connectivity index is 1.29. The molecule has 0 radical (unpaired) electrons. The highest BCUT2D eigenvalue weighted by molar-refractivity contribution is 7.66. The number of phosphoric ester groups is 2. The van der Waals surface area contributed by atoms with Crippen LogP contribution in [0.4, 0.5) is 5.82 Å². The molecule has 10 N–H and O–H groups in total. The van der Waals surface area contributed by atoms with Gasteiger partial charge in [0.2, 0.25) is 0 Å². The average molecular weight is 889 g/mol. The number of hydrogen-bond acceptors (Lipinski definition) is 20. The first-order valence-corrected chi connectivity index (χ1v) is 21.7. The van der Waals surface area contributed by atoms with Crippen LogP contribution in [0.2, 0.25) is 0 Å². The summed E-state index contributed by atoms with van der Waals surface area (Å²) in [5.41, 5.74) is 4.22. The lowest BCUT2D eigenvalue weighted by Gasteiger charge is -2.27. The summed E-state index contributed by atoms with van der Waals surface area (Å²) >= 11 is 0. The van der Waals surface area contributed by atoms with Crippen molar-refractivity contribution in [3.63, 3.8) is 0 Å². The molecule has 3 aromatic heterocycles. The number of fused-ring (bicyclic) bond motifs is 1. The second-order valence-corrected chi connectivity index (χ2v) is 17.7. The zero-order valence-electron chi connectivity index (χ0n) is 28.2. The third kappa shape index (κ3) is 10.4. The van der Waals surface area contributed by atoms with Crippen molar-refractivity contribution in [2.45, 2.75) is 49.1 Å². The molecule has 0 bridgehead atoms. The lowest BCUT2D eigenvalue weighted by Crippen LogP contribution is -2.40. The molecular formula is C25H31N7O21P4. The van der Waals surface area contributed by atoms with Crippen molar-refractivity contribution in [2.75, 3.05) is 18.9 Å². The van der Waals surface area contributed by atoms with Crippen LogP contribution < -0.4 is 21.7 Å². The Hall–Kier alpha value is -3.59. The van der Waals surface area contributed by atoms with Gasteiger partial charge < -0.3 is 54.6 Å². The maximum atomic E-state index is 13.6. The second kappa shape index (κ2) is 16.6. The zero-order valence-corrected chi connectivity index (χ0v) is 31.8. The van der Waals surface area contributed by atoms with Gasteiger partial charge >= 0.3 is 37.0 Å². The highest BCUT2D eigenvalue weighted by atomic mass is 31.3. The van der Waals surface area contributed by atoms with Gasteiger partial charge in [-0.3, -0.25) is 32.5 Å². The molecule has 0 aliphatic carbocycles. The second-order valence-electron chi connectivity index (χ2n) is 11.8. The molecule has 0 amide bonds. The number of imidazole rings is 1. The van der Waals surface area contributed by atoms with Crippen molar-refractivity contribution in [2.24, 2.45) is 0 Å². The van der Waals surface area contributed by atoms with Crippen molar-refractivity contribution in [3.8, 4) is 5.75 Å². The molecule has 57 heavy (non-hydrogen) atoms. The SMILES string of the molecule is Nc1ncnc2c1ncn2[C@@H]1O[C@H](COP(=O)(O)OP(=O)(O)OP(=O)(O)O)[C@@H](OP(=O)(O)OC[C@H]2O[C@@H](n3ccc(=O)[nH]c3=O)[C@H](O)[C@@H]2O)[C@H]1Oc1ccccc1. The van der Waals surface area contributed by atoms with E-state index in [1.807, 2.05) is 4.98 Å². The van der Waals surface area contributed by atoms with Gasteiger partial charge in [-0.05, 0) is 12.1 Å². The fourth-order valence-corrected chi connectivity index (χ4v) is 9.57. The maximum absolute atomic E-state index is 13.6. The molecule has 6 rings (SSSR count). The van der Waals surface area contributed by atoms with Crippen LogP contribution >= 0.6 is 31.3 Å². The highest BCUT2D eigenvalue weighted by Gasteiger charge is 2.54. The molecule has 0 spiro atoms. The molecular weight excluding hydrogens is 858 g/mol. The number of H-pyrrole nitrogens is 1. The van der Waals surface area contributed by atoms with Gasteiger partial charge in [-0.2, -0.15) is 8.62 Å². The number of phosphoric acid groups is 4. The molecule has 5 heterocycles. The van der Waals surface area contributed by atoms with Crippen LogP contribution in [0, 0.1) is 0 Å². The van der Waals surface area contributed by atoms with Gasteiger partial charge in [0.25, 0.3) is 5.56 Å². The minimum Gasteiger partial charge on any atom is -0.483 e. The molecule has 2 aliphatic rings. The number of aromatic nitrogens is 6. The third-order valence-electron chi connectivity index (χ3n) is 7.90. The van der Waals surface area contributed by atoms with Crippen LogP contribution in [0.15, 0.2) is 64.8 Å². The molecule has 0 saturated carbocycles. The number of benzene rings is 1. The van der Waals surface area contributed by atoms with Gasteiger partial charge in [-0.25, -0.2) is 38.0 Å². The Kier molecular flexibility index (Phi) is 12.5. The van der Waals surface area contributed by atoms with Gasteiger partial charge in [-0.1, -0.05) is 18.2 Å². The lowest BCUT2D eigenvalue weighted by molar-refractivity contribution is -0.0607. The summed E-state index contributed by atoms with van der Waals surface area (Å²) in [6.45, 7) is -2.22. The number of para-hydroxylation sites is 1. The smallest absolute Gasteiger partial charge is 0.483 e. The number of hydrogen-bond donors (Lipinski definition) is 9. The number of rotatable bonds is 16. The molecule has 11 atom stereocenters. The van der Waals surface area contributed by atoms with E-state index in [0.717, 1.165) is 29.5 Å². The normalized spacial score (nSPS) is 28.5. The molecule has 4 aromatic rings. The Labute approximate surface area is 316 Å². The minimum absolute atomic E-state index is 0.0203. The predicted octanol–water partition coefficient (Wildman–Crippen LogP) is -1.23. The van der Waals surface area contributed by atoms with E-state index in [9.17, 15) is 52.7 Å². The van der Waals surface area contributed by atoms with Crippen LogP contribution in [0.3, 0.4) is 0 Å². The fraction of sp³-hybridized carbons (Fsp3) is 0.400. The van der Waals surface area contributed by atoms with Crippen LogP contribution in [0.5, 0.6) is 5.75 Å². The van der Waals surface area contributed by atoms with Crippen molar-refractivity contribution in [3.05, 3.63) is 76.1 Å². The van der Waals surface area contributed by atoms with Crippen LogP contribution in [-0.4, -0.2) is 114 Å². The number of nitrogens with zero attached hydrogens (tertiary/aromatic N) is 5. The zero-order chi connectivity index (χ0) is 41.5. The van der Waals surface area contributed by atoms with Gasteiger partial charge in [0.1, 0.15) is 48.1 Å². The Morgan fingerprint density at radius 2 is 1.44 bits per heavy atom. The third-order valence-corrected chi connectivity index (χ3v) is 12.7. The standard InChI is InChI=1S/C25H31N7O21P4/c26-21-16-22(28-10-27-21)32(11-29-16)24-20(48-12-4-2-1-3-5-12)19(14(50-24)9-47-56(42,43)53-57(44,45)52-54(37,38)39)51-55(40,41)46-8-13-17(34)18(35)23(49-13)31-7-6-15(33)30-25(31)36/h1-7,10-11,13-14,17-20,23-24,34-35H,8-9H2,(H,40,41)(H,42,43)(H,44,45)(H2,26,27,28)(H,30,33,36)(H2,37,38,39)/t13-,14-,17-,18-,19-,20-,23-,24-/m1/s1. The molecule has 32 heteroatoms. The van der Waals surface area contributed by atoms with Crippen molar-refractivity contribution in [1.82, 2.24) is 29.1 Å². The number of nitrogens with one attached hydrogen (secondary N) is 1. The number of aliphatic hydroxyl groups excluding tert-OH is 2. The first kappa shape index (κ1) is 43.0. The molecule has 2 aliphatic heterocycles. The lowest BCUT2D eigenvalue weighted by atomic mass is 10.1. The molecule has 2 saturated heterocycles. The highest BCUT2D eigenvalue weighted by Crippen LogP contribution is 2.66. The molecule has 312 valence electrons. The van der Waals surface area contributed by atoms with Crippen molar-refractivity contribution >= 4 is 48.3 Å². The minimum atomic E-state index is -5.97.